The Morgan fingerprint density at radius 1 is 0.289 bits per heavy atom. The Kier molecular flexibility index (Phi) is 13.5. The van der Waals surface area contributed by atoms with Crippen LogP contribution in [0.25, 0.3) is 11.1 Å². The highest BCUT2D eigenvalue weighted by Gasteiger charge is 2.68. The van der Waals surface area contributed by atoms with Crippen LogP contribution in [0.1, 0.15) is 55.6 Å². The predicted octanol–water partition coefficient (Wildman–Crippen LogP) is 17.1. The van der Waals surface area contributed by atoms with E-state index >= 15 is 0 Å². The Labute approximate surface area is 447 Å². The predicted molar refractivity (Wildman–Crippen MR) is 302 cm³/mol. The number of aryl methyl sites for hydroxylation is 2. The van der Waals surface area contributed by atoms with Crippen LogP contribution in [0.2, 0.25) is 0 Å². The molecule has 0 amide bonds. The fourth-order valence-corrected chi connectivity index (χ4v) is 14.3. The highest BCUT2D eigenvalue weighted by molar-refractivity contribution is 7.42. The highest BCUT2D eigenvalue weighted by atomic mass is 31.2. The molecule has 0 N–H and O–H groups in total. The van der Waals surface area contributed by atoms with Crippen LogP contribution in [0.4, 0.5) is 0 Å². The average molecular weight is 1030 g/mol. The van der Waals surface area contributed by atoms with Gasteiger partial charge in [0.05, 0.1) is 7.11 Å². The van der Waals surface area contributed by atoms with Crippen LogP contribution >= 0.6 is 17.2 Å². The Balaban J connectivity index is 1.02. The molecule has 0 saturated carbocycles. The first-order chi connectivity index (χ1) is 37.4. The summed E-state index contributed by atoms with van der Waals surface area (Å²) in [6.45, 7) is 4.11. The van der Waals surface area contributed by atoms with Gasteiger partial charge in [0.15, 0.2) is 33.9 Å². The van der Waals surface area contributed by atoms with E-state index in [1.54, 1.807) is 7.11 Å². The van der Waals surface area contributed by atoms with Gasteiger partial charge in [-0.05, 0) is 88.2 Å². The van der Waals surface area contributed by atoms with E-state index in [1.807, 2.05) is 171 Å². The van der Waals surface area contributed by atoms with Crippen molar-refractivity contribution < 1.29 is 31.9 Å². The van der Waals surface area contributed by atoms with Crippen molar-refractivity contribution in [1.29, 1.82) is 0 Å². The number of methoxy groups -OCH3 is 1. The van der Waals surface area contributed by atoms with Crippen molar-refractivity contribution in [3.8, 4) is 28.4 Å². The van der Waals surface area contributed by atoms with E-state index in [2.05, 4.69) is 116 Å². The minimum Gasteiger partial charge on any atom is -0.493 e. The fraction of sp³-hybridized carbons (Fsp3) is 0.104. The second-order valence-electron chi connectivity index (χ2n) is 19.0. The molecule has 0 aliphatic carbocycles. The van der Waals surface area contributed by atoms with Crippen molar-refractivity contribution in [3.05, 3.63) is 329 Å². The van der Waals surface area contributed by atoms with Gasteiger partial charge in [0.25, 0.3) is 0 Å². The van der Waals surface area contributed by atoms with E-state index in [1.165, 1.54) is 0 Å². The van der Waals surface area contributed by atoms with Gasteiger partial charge in [-0.1, -0.05) is 254 Å². The van der Waals surface area contributed by atoms with Crippen molar-refractivity contribution in [2.75, 3.05) is 7.11 Å². The summed E-state index contributed by atoms with van der Waals surface area (Å²) in [6.07, 6.45) is 0. The maximum atomic E-state index is 7.64. The maximum Gasteiger partial charge on any atom is 0.400 e. The molecule has 76 heavy (non-hydrogen) atoms. The average Bonchev–Trinajstić information content (AvgIpc) is 4.06. The molecule has 0 spiro atoms. The van der Waals surface area contributed by atoms with Gasteiger partial charge in [-0.3, -0.25) is 18.1 Å². The standard InChI is InChI=1S/C67H54O7P2/c1-49-44-45-61(69-75-71-64(51-28-12-4-13-29-51,52-30-14-5-15-31-52)65(72-75,53-32-16-6-17-33-53)54-34-18-7-19-35-54)59(46-49)60-47-50(2)48-62(68-3)63(60)70-76-73-66(55-36-20-8-21-37-55,56-38-22-9-23-39-56)67(74-76,57-40-24-10-25-41-57)58-42-26-11-27-43-58/h4-48H,1-3H3. The van der Waals surface area contributed by atoms with Crippen molar-refractivity contribution in [3.63, 3.8) is 0 Å². The number of rotatable bonds is 14. The smallest absolute Gasteiger partial charge is 0.400 e. The van der Waals surface area contributed by atoms with Gasteiger partial charge in [0.2, 0.25) is 0 Å². The van der Waals surface area contributed by atoms with Crippen LogP contribution in [0.3, 0.4) is 0 Å². The first-order valence-electron chi connectivity index (χ1n) is 25.4. The Morgan fingerprint density at radius 3 is 0.855 bits per heavy atom. The van der Waals surface area contributed by atoms with Crippen LogP contribution < -0.4 is 13.8 Å². The molecule has 2 aliphatic heterocycles. The number of hydrogen-bond acceptors (Lipinski definition) is 7. The van der Waals surface area contributed by atoms with Crippen molar-refractivity contribution in [1.82, 2.24) is 0 Å². The van der Waals surface area contributed by atoms with Gasteiger partial charge in [-0.2, -0.15) is 0 Å². The summed E-state index contributed by atoms with van der Waals surface area (Å²) < 4.78 is 51.5. The molecular weight excluding hydrogens is 979 g/mol. The Morgan fingerprint density at radius 2 is 0.566 bits per heavy atom. The Hall–Kier alpha value is -7.70. The summed E-state index contributed by atoms with van der Waals surface area (Å²) >= 11 is 0. The highest BCUT2D eigenvalue weighted by Crippen LogP contribution is 2.73. The summed E-state index contributed by atoms with van der Waals surface area (Å²) in [5.74, 6) is 1.44. The zero-order valence-electron chi connectivity index (χ0n) is 42.2. The fourth-order valence-electron chi connectivity index (χ4n) is 11.2. The van der Waals surface area contributed by atoms with Crippen LogP contribution in [-0.4, -0.2) is 7.11 Å². The van der Waals surface area contributed by atoms with E-state index in [-0.39, 0.29) is 0 Å². The lowest BCUT2D eigenvalue weighted by Crippen LogP contribution is -2.48. The van der Waals surface area contributed by atoms with E-state index in [9.17, 15) is 0 Å². The minimum absolute atomic E-state index is 0.425. The summed E-state index contributed by atoms with van der Waals surface area (Å²) in [5.41, 5.74) is 5.64. The van der Waals surface area contributed by atoms with Gasteiger partial charge in [0, 0.05) is 11.1 Å². The van der Waals surface area contributed by atoms with E-state index in [0.717, 1.165) is 61.2 Å². The normalized spacial score (nSPS) is 16.5. The minimum atomic E-state index is -2.25. The van der Waals surface area contributed by atoms with Crippen molar-refractivity contribution in [2.24, 2.45) is 0 Å². The molecular formula is C67H54O7P2. The lowest BCUT2D eigenvalue weighted by Gasteiger charge is -2.43. The molecule has 0 atom stereocenters. The molecule has 12 rings (SSSR count). The summed E-state index contributed by atoms with van der Waals surface area (Å²) in [6, 6.07) is 92.7. The van der Waals surface area contributed by atoms with Gasteiger partial charge in [-0.15, -0.1) is 0 Å². The maximum absolute atomic E-state index is 7.64. The first-order valence-corrected chi connectivity index (χ1v) is 27.6. The van der Waals surface area contributed by atoms with Crippen molar-refractivity contribution in [2.45, 2.75) is 36.3 Å². The lowest BCUT2D eigenvalue weighted by atomic mass is 9.66. The molecule has 2 heterocycles. The van der Waals surface area contributed by atoms with E-state index in [4.69, 9.17) is 31.9 Å². The monoisotopic (exact) mass is 1030 g/mol. The van der Waals surface area contributed by atoms with Gasteiger partial charge in [0.1, 0.15) is 5.75 Å². The molecule has 2 aliphatic rings. The van der Waals surface area contributed by atoms with Gasteiger partial charge >= 0.3 is 17.2 Å². The van der Waals surface area contributed by atoms with E-state index in [0.29, 0.717) is 22.8 Å². The quantitative estimate of drug-likeness (QED) is 0.101. The third-order valence-electron chi connectivity index (χ3n) is 14.5. The molecule has 10 aromatic carbocycles. The third-order valence-corrected chi connectivity index (χ3v) is 16.8. The number of benzene rings is 10. The van der Waals surface area contributed by atoms with Crippen LogP contribution in [-0.2, 0) is 40.5 Å². The zero-order valence-corrected chi connectivity index (χ0v) is 44.0. The molecule has 10 aromatic rings. The second-order valence-corrected chi connectivity index (χ2v) is 21.0. The summed E-state index contributed by atoms with van der Waals surface area (Å²) in [7, 11) is -2.80. The number of hydrogen-bond donors (Lipinski definition) is 0. The molecule has 2 fully saturated rings. The third kappa shape index (κ3) is 8.23. The molecule has 7 nitrogen and oxygen atoms in total. The molecule has 0 aromatic heterocycles. The SMILES string of the molecule is COc1cc(C)cc(-c2cc(C)ccc2OP2OC(c3ccccc3)(c3ccccc3)C(c3ccccc3)(c3ccccc3)O2)c1OP1OC(c2ccccc2)(c2ccccc2)C(c2ccccc2)(c2ccccc2)O1. The van der Waals surface area contributed by atoms with Crippen LogP contribution in [0, 0.1) is 13.8 Å². The van der Waals surface area contributed by atoms with Crippen LogP contribution in [0.5, 0.6) is 17.2 Å². The molecule has 0 bridgehead atoms. The molecule has 374 valence electrons. The largest absolute Gasteiger partial charge is 0.493 e. The molecule has 0 radical (unpaired) electrons. The Bertz CT molecular complexity index is 3220. The van der Waals surface area contributed by atoms with Gasteiger partial charge in [-0.25, -0.2) is 0 Å². The topological polar surface area (TPSA) is 64.6 Å². The number of ether oxygens (including phenoxy) is 1. The second kappa shape index (κ2) is 20.8. The molecule has 2 saturated heterocycles. The van der Waals surface area contributed by atoms with Crippen LogP contribution in [0.15, 0.2) is 273 Å². The molecule has 9 heteroatoms. The van der Waals surface area contributed by atoms with E-state index < -0.39 is 39.6 Å². The summed E-state index contributed by atoms with van der Waals surface area (Å²) in [4.78, 5) is 0. The first kappa shape index (κ1) is 49.2. The van der Waals surface area contributed by atoms with Gasteiger partial charge < -0.3 is 13.8 Å². The molecule has 0 unspecified atom stereocenters. The summed E-state index contributed by atoms with van der Waals surface area (Å²) in [5, 5.41) is 0. The lowest BCUT2D eigenvalue weighted by molar-refractivity contribution is 0.00370. The zero-order chi connectivity index (χ0) is 51.6. The van der Waals surface area contributed by atoms with Crippen molar-refractivity contribution >= 4 is 17.2 Å².